The molecule has 30 heavy (non-hydrogen) atoms. The Morgan fingerprint density at radius 2 is 1.70 bits per heavy atom. The lowest BCUT2D eigenvalue weighted by atomic mass is 10.2. The monoisotopic (exact) mass is 415 g/mol. The van der Waals surface area contributed by atoms with Crippen molar-refractivity contribution in [3.05, 3.63) is 52.0 Å². The second-order valence-electron chi connectivity index (χ2n) is 7.83. The van der Waals surface area contributed by atoms with Crippen molar-refractivity contribution in [1.82, 2.24) is 24.1 Å². The molecule has 0 N–H and O–H groups in total. The van der Waals surface area contributed by atoms with Gasteiger partial charge in [-0.05, 0) is 31.4 Å². The largest absolute Gasteiger partial charge is 0.346 e. The van der Waals surface area contributed by atoms with Gasteiger partial charge in [0.05, 0.1) is 5.56 Å². The van der Waals surface area contributed by atoms with E-state index in [2.05, 4.69) is 5.10 Å². The van der Waals surface area contributed by atoms with Crippen molar-refractivity contribution < 1.29 is 14.0 Å². The number of aromatic nitrogens is 3. The second-order valence-corrected chi connectivity index (χ2v) is 7.83. The first-order valence-corrected chi connectivity index (χ1v) is 10.5. The molecule has 2 aliphatic heterocycles. The van der Waals surface area contributed by atoms with Crippen molar-refractivity contribution in [2.45, 2.75) is 45.2 Å². The van der Waals surface area contributed by atoms with Gasteiger partial charge in [-0.15, -0.1) is 0 Å². The number of benzene rings is 1. The number of nitrogens with zero attached hydrogens (tertiary/aromatic N) is 5. The smallest absolute Gasteiger partial charge is 0.339 e. The molecular weight excluding hydrogens is 389 g/mol. The highest BCUT2D eigenvalue weighted by Gasteiger charge is 2.25. The molecular formula is C21H26FN5O3. The summed E-state index contributed by atoms with van der Waals surface area (Å²) >= 11 is 0. The van der Waals surface area contributed by atoms with Gasteiger partial charge in [-0.3, -0.25) is 14.2 Å². The standard InChI is InChI=1S/C21H26FN5O3/c22-17-8-4-3-7-16(17)20(29)25-11-6-10-24(13-14-25)19(28)15-27-21(30)26-12-5-1-2-9-18(26)23-27/h3-4,7-8H,1-2,5-6,9-15H2. The minimum atomic E-state index is -0.543. The number of hydrogen-bond acceptors (Lipinski definition) is 4. The Hall–Kier alpha value is -2.97. The molecule has 2 aliphatic rings. The Kier molecular flexibility index (Phi) is 5.96. The summed E-state index contributed by atoms with van der Waals surface area (Å²) in [5, 5.41) is 4.37. The second kappa shape index (κ2) is 8.81. The van der Waals surface area contributed by atoms with Crippen LogP contribution in [0.25, 0.3) is 0 Å². The average Bonchev–Trinajstić information content (AvgIpc) is 2.99. The Bertz CT molecular complexity index is 999. The quantitative estimate of drug-likeness (QED) is 0.757. The summed E-state index contributed by atoms with van der Waals surface area (Å²) < 4.78 is 16.9. The number of carbonyl (C=O) groups is 2. The van der Waals surface area contributed by atoms with E-state index < -0.39 is 5.82 Å². The number of carbonyl (C=O) groups excluding carboxylic acids is 2. The molecule has 2 amide bonds. The third-order valence-electron chi connectivity index (χ3n) is 5.81. The van der Waals surface area contributed by atoms with Crippen LogP contribution < -0.4 is 5.69 Å². The molecule has 9 heteroatoms. The van der Waals surface area contributed by atoms with Gasteiger partial charge in [0, 0.05) is 39.1 Å². The van der Waals surface area contributed by atoms with Gasteiger partial charge in [0.25, 0.3) is 5.91 Å². The number of hydrogen-bond donors (Lipinski definition) is 0. The van der Waals surface area contributed by atoms with E-state index in [0.29, 0.717) is 39.1 Å². The number of aryl methyl sites for hydroxylation is 1. The maximum Gasteiger partial charge on any atom is 0.346 e. The molecule has 2 aromatic rings. The molecule has 0 atom stereocenters. The number of halogens is 1. The third kappa shape index (κ3) is 4.15. The van der Waals surface area contributed by atoms with Gasteiger partial charge >= 0.3 is 5.69 Å². The predicted molar refractivity (Wildman–Crippen MR) is 108 cm³/mol. The molecule has 0 bridgehead atoms. The summed E-state index contributed by atoms with van der Waals surface area (Å²) in [4.78, 5) is 41.3. The molecule has 0 saturated carbocycles. The molecule has 0 spiro atoms. The summed E-state index contributed by atoms with van der Waals surface area (Å²) in [6.45, 7) is 2.17. The van der Waals surface area contributed by atoms with Crippen LogP contribution in [0.2, 0.25) is 0 Å². The average molecular weight is 415 g/mol. The van der Waals surface area contributed by atoms with Crippen molar-refractivity contribution >= 4 is 11.8 Å². The third-order valence-corrected chi connectivity index (χ3v) is 5.81. The van der Waals surface area contributed by atoms with E-state index >= 15 is 0 Å². The van der Waals surface area contributed by atoms with E-state index in [4.69, 9.17) is 0 Å². The Balaban J connectivity index is 1.40. The lowest BCUT2D eigenvalue weighted by molar-refractivity contribution is -0.132. The SMILES string of the molecule is O=C(Cn1nc2n(c1=O)CCCCC2)N1CCCN(C(=O)c2ccccc2F)CC1. The van der Waals surface area contributed by atoms with Crippen LogP contribution in [0.3, 0.4) is 0 Å². The molecule has 160 valence electrons. The van der Waals surface area contributed by atoms with E-state index in [-0.39, 0.29) is 29.6 Å². The minimum Gasteiger partial charge on any atom is -0.339 e. The predicted octanol–water partition coefficient (Wildman–Crippen LogP) is 1.29. The topological polar surface area (TPSA) is 80.4 Å². The van der Waals surface area contributed by atoms with Crippen LogP contribution in [0, 0.1) is 5.82 Å². The Labute approximate surface area is 173 Å². The van der Waals surface area contributed by atoms with Crippen molar-refractivity contribution in [3.63, 3.8) is 0 Å². The van der Waals surface area contributed by atoms with Crippen molar-refractivity contribution in [3.8, 4) is 0 Å². The number of rotatable bonds is 3. The zero-order valence-corrected chi connectivity index (χ0v) is 16.9. The normalized spacial score (nSPS) is 17.2. The molecule has 0 unspecified atom stereocenters. The zero-order chi connectivity index (χ0) is 21.1. The number of amides is 2. The highest BCUT2D eigenvalue weighted by Crippen LogP contribution is 2.13. The summed E-state index contributed by atoms with van der Waals surface area (Å²) in [7, 11) is 0. The molecule has 0 radical (unpaired) electrons. The van der Waals surface area contributed by atoms with E-state index in [1.54, 1.807) is 26.5 Å². The first-order valence-electron chi connectivity index (χ1n) is 10.5. The molecule has 8 nitrogen and oxygen atoms in total. The lowest BCUT2D eigenvalue weighted by Crippen LogP contribution is -2.40. The first kappa shape index (κ1) is 20.3. The van der Waals surface area contributed by atoms with Crippen molar-refractivity contribution in [2.75, 3.05) is 26.2 Å². The van der Waals surface area contributed by atoms with Crippen LogP contribution in [0.15, 0.2) is 29.1 Å². The molecule has 0 aliphatic carbocycles. The highest BCUT2D eigenvalue weighted by molar-refractivity contribution is 5.94. The molecule has 1 fully saturated rings. The maximum absolute atomic E-state index is 14.0. The summed E-state index contributed by atoms with van der Waals surface area (Å²) in [6.07, 6.45) is 4.39. The van der Waals surface area contributed by atoms with Gasteiger partial charge in [0.15, 0.2) is 0 Å². The van der Waals surface area contributed by atoms with Crippen molar-refractivity contribution in [2.24, 2.45) is 0 Å². The molecule has 1 saturated heterocycles. The first-order chi connectivity index (χ1) is 14.5. The van der Waals surface area contributed by atoms with Crippen LogP contribution in [-0.4, -0.2) is 62.1 Å². The molecule has 1 aromatic heterocycles. The van der Waals surface area contributed by atoms with Gasteiger partial charge in [-0.1, -0.05) is 18.6 Å². The van der Waals surface area contributed by atoms with Gasteiger partial charge in [0.2, 0.25) is 5.91 Å². The molecule has 3 heterocycles. The van der Waals surface area contributed by atoms with Gasteiger partial charge in [0.1, 0.15) is 18.2 Å². The molecule has 1 aromatic carbocycles. The summed E-state index contributed by atoms with van der Waals surface area (Å²) in [5.74, 6) is -0.344. The fraction of sp³-hybridized carbons (Fsp3) is 0.524. The maximum atomic E-state index is 14.0. The van der Waals surface area contributed by atoms with Gasteiger partial charge in [-0.25, -0.2) is 13.9 Å². The zero-order valence-electron chi connectivity index (χ0n) is 16.9. The van der Waals surface area contributed by atoms with Crippen LogP contribution >= 0.6 is 0 Å². The minimum absolute atomic E-state index is 0.0448. The van der Waals surface area contributed by atoms with Crippen LogP contribution in [0.4, 0.5) is 4.39 Å². The van der Waals surface area contributed by atoms with E-state index in [1.807, 2.05) is 0 Å². The molecule has 4 rings (SSSR count). The van der Waals surface area contributed by atoms with E-state index in [0.717, 1.165) is 31.5 Å². The number of fused-ring (bicyclic) bond motifs is 1. The van der Waals surface area contributed by atoms with E-state index in [9.17, 15) is 18.8 Å². The van der Waals surface area contributed by atoms with Gasteiger partial charge < -0.3 is 9.80 Å². The van der Waals surface area contributed by atoms with Gasteiger partial charge in [-0.2, -0.15) is 5.10 Å². The summed E-state index contributed by atoms with van der Waals surface area (Å²) in [6, 6.07) is 5.92. The Morgan fingerprint density at radius 1 is 0.933 bits per heavy atom. The Morgan fingerprint density at radius 3 is 2.53 bits per heavy atom. The van der Waals surface area contributed by atoms with Crippen molar-refractivity contribution in [1.29, 1.82) is 0 Å². The lowest BCUT2D eigenvalue weighted by Gasteiger charge is -2.22. The summed E-state index contributed by atoms with van der Waals surface area (Å²) in [5.41, 5.74) is -0.185. The fourth-order valence-electron chi connectivity index (χ4n) is 4.13. The van der Waals surface area contributed by atoms with Crippen LogP contribution in [-0.2, 0) is 24.3 Å². The van der Waals surface area contributed by atoms with Crippen LogP contribution in [0.5, 0.6) is 0 Å². The van der Waals surface area contributed by atoms with E-state index in [1.165, 1.54) is 16.8 Å². The van der Waals surface area contributed by atoms with Crippen LogP contribution in [0.1, 0.15) is 41.9 Å². The highest BCUT2D eigenvalue weighted by atomic mass is 19.1. The fourth-order valence-corrected chi connectivity index (χ4v) is 4.13.